The molecule has 0 aliphatic carbocycles. The van der Waals surface area contributed by atoms with Gasteiger partial charge in [-0.2, -0.15) is 0 Å². The fourth-order valence-corrected chi connectivity index (χ4v) is 3.01. The van der Waals surface area contributed by atoms with Crippen LogP contribution in [0.2, 0.25) is 0 Å². The lowest BCUT2D eigenvalue weighted by atomic mass is 9.88. The van der Waals surface area contributed by atoms with E-state index < -0.39 is 0 Å². The van der Waals surface area contributed by atoms with Gasteiger partial charge in [0.2, 0.25) is 0 Å². The molecule has 0 fully saturated rings. The van der Waals surface area contributed by atoms with Crippen LogP contribution in [0.5, 0.6) is 0 Å². The van der Waals surface area contributed by atoms with Crippen molar-refractivity contribution in [3.05, 3.63) is 60.6 Å². The number of para-hydroxylation sites is 1. The molecule has 0 saturated heterocycles. The van der Waals surface area contributed by atoms with E-state index in [0.29, 0.717) is 0 Å². The SMILES string of the molecule is CC(C)(C)c1cccn2cc(-c3c[nH]c4ccccc34)nc12. The Hall–Kier alpha value is -2.55. The van der Waals surface area contributed by atoms with Gasteiger partial charge in [-0.05, 0) is 17.5 Å². The zero-order valence-electron chi connectivity index (χ0n) is 13.1. The van der Waals surface area contributed by atoms with Gasteiger partial charge in [-0.15, -0.1) is 0 Å². The highest BCUT2D eigenvalue weighted by atomic mass is 15.0. The second-order valence-electron chi connectivity index (χ2n) is 6.78. The van der Waals surface area contributed by atoms with Gasteiger partial charge in [0.05, 0.1) is 5.69 Å². The van der Waals surface area contributed by atoms with Crippen molar-refractivity contribution in [3.63, 3.8) is 0 Å². The quantitative estimate of drug-likeness (QED) is 0.537. The molecular weight excluding hydrogens is 270 g/mol. The summed E-state index contributed by atoms with van der Waals surface area (Å²) in [5.41, 5.74) is 5.68. The molecule has 3 heterocycles. The van der Waals surface area contributed by atoms with Crippen LogP contribution in [0.25, 0.3) is 27.8 Å². The topological polar surface area (TPSA) is 33.1 Å². The predicted octanol–water partition coefficient (Wildman–Crippen LogP) is 4.78. The Balaban J connectivity index is 1.97. The second kappa shape index (κ2) is 4.47. The zero-order valence-corrected chi connectivity index (χ0v) is 13.1. The molecule has 0 aliphatic rings. The number of nitrogens with one attached hydrogen (secondary N) is 1. The number of hydrogen-bond donors (Lipinski definition) is 1. The van der Waals surface area contributed by atoms with Gasteiger partial charge >= 0.3 is 0 Å². The van der Waals surface area contributed by atoms with Gasteiger partial charge in [-0.25, -0.2) is 4.98 Å². The van der Waals surface area contributed by atoms with E-state index in [2.05, 4.69) is 72.9 Å². The van der Waals surface area contributed by atoms with Crippen molar-refractivity contribution >= 4 is 16.6 Å². The van der Waals surface area contributed by atoms with Crippen molar-refractivity contribution in [3.8, 4) is 11.3 Å². The van der Waals surface area contributed by atoms with E-state index in [0.717, 1.165) is 22.4 Å². The molecule has 0 amide bonds. The number of aromatic nitrogens is 3. The third kappa shape index (κ3) is 1.93. The minimum Gasteiger partial charge on any atom is -0.360 e. The third-order valence-electron chi connectivity index (χ3n) is 4.16. The van der Waals surface area contributed by atoms with Crippen LogP contribution in [-0.2, 0) is 5.41 Å². The van der Waals surface area contributed by atoms with E-state index in [1.165, 1.54) is 10.9 Å². The lowest BCUT2D eigenvalue weighted by Crippen LogP contribution is -2.12. The molecule has 1 aromatic carbocycles. The maximum absolute atomic E-state index is 4.91. The van der Waals surface area contributed by atoms with Crippen molar-refractivity contribution < 1.29 is 0 Å². The van der Waals surface area contributed by atoms with Gasteiger partial charge in [-0.1, -0.05) is 45.0 Å². The van der Waals surface area contributed by atoms with E-state index in [4.69, 9.17) is 4.98 Å². The van der Waals surface area contributed by atoms with Crippen LogP contribution in [0, 0.1) is 0 Å². The molecule has 0 spiro atoms. The highest BCUT2D eigenvalue weighted by Crippen LogP contribution is 2.31. The first kappa shape index (κ1) is 13.1. The van der Waals surface area contributed by atoms with Crippen LogP contribution >= 0.6 is 0 Å². The normalized spacial score (nSPS) is 12.3. The maximum atomic E-state index is 4.91. The third-order valence-corrected chi connectivity index (χ3v) is 4.16. The zero-order chi connectivity index (χ0) is 15.3. The van der Waals surface area contributed by atoms with E-state index in [9.17, 15) is 0 Å². The minimum absolute atomic E-state index is 0.0747. The van der Waals surface area contributed by atoms with Crippen LogP contribution in [0.4, 0.5) is 0 Å². The Morgan fingerprint density at radius 2 is 1.86 bits per heavy atom. The summed E-state index contributed by atoms with van der Waals surface area (Å²) in [6.07, 6.45) is 6.22. The summed E-state index contributed by atoms with van der Waals surface area (Å²) in [7, 11) is 0. The van der Waals surface area contributed by atoms with Crippen molar-refractivity contribution in [1.29, 1.82) is 0 Å². The molecule has 0 unspecified atom stereocenters. The predicted molar refractivity (Wildman–Crippen MR) is 91.2 cm³/mol. The van der Waals surface area contributed by atoms with Crippen molar-refractivity contribution in [2.75, 3.05) is 0 Å². The van der Waals surface area contributed by atoms with Gasteiger partial charge in [0.1, 0.15) is 5.65 Å². The average Bonchev–Trinajstić information content (AvgIpc) is 3.09. The van der Waals surface area contributed by atoms with Gasteiger partial charge in [0, 0.05) is 40.6 Å². The fourth-order valence-electron chi connectivity index (χ4n) is 3.01. The Labute approximate surface area is 129 Å². The van der Waals surface area contributed by atoms with E-state index in [1.807, 2.05) is 12.3 Å². The minimum atomic E-state index is 0.0747. The monoisotopic (exact) mass is 289 g/mol. The second-order valence-corrected chi connectivity index (χ2v) is 6.78. The first-order valence-electron chi connectivity index (χ1n) is 7.59. The smallest absolute Gasteiger partial charge is 0.141 e. The summed E-state index contributed by atoms with van der Waals surface area (Å²) in [5.74, 6) is 0. The Kier molecular flexibility index (Phi) is 2.67. The van der Waals surface area contributed by atoms with Crippen molar-refractivity contribution in [2.45, 2.75) is 26.2 Å². The van der Waals surface area contributed by atoms with Gasteiger partial charge in [0.15, 0.2) is 0 Å². The molecule has 110 valence electrons. The lowest BCUT2D eigenvalue weighted by Gasteiger charge is -2.19. The summed E-state index contributed by atoms with van der Waals surface area (Å²) in [6, 6.07) is 12.6. The Morgan fingerprint density at radius 1 is 1.05 bits per heavy atom. The summed E-state index contributed by atoms with van der Waals surface area (Å²) in [5, 5.41) is 1.21. The molecule has 1 N–H and O–H groups in total. The van der Waals surface area contributed by atoms with Crippen molar-refractivity contribution in [2.24, 2.45) is 0 Å². The molecule has 3 aromatic heterocycles. The number of fused-ring (bicyclic) bond motifs is 2. The molecule has 0 radical (unpaired) electrons. The highest BCUT2D eigenvalue weighted by molar-refractivity contribution is 5.94. The molecule has 3 nitrogen and oxygen atoms in total. The number of rotatable bonds is 1. The Bertz CT molecular complexity index is 967. The molecule has 0 saturated carbocycles. The molecular formula is C19H19N3. The first-order chi connectivity index (χ1) is 10.5. The molecule has 22 heavy (non-hydrogen) atoms. The summed E-state index contributed by atoms with van der Waals surface area (Å²) in [4.78, 5) is 8.24. The van der Waals surface area contributed by atoms with Gasteiger partial charge in [-0.3, -0.25) is 0 Å². The number of aromatic amines is 1. The maximum Gasteiger partial charge on any atom is 0.141 e. The molecule has 3 heteroatoms. The molecule has 0 bridgehead atoms. The first-order valence-corrected chi connectivity index (χ1v) is 7.59. The van der Waals surface area contributed by atoms with Crippen LogP contribution in [0.15, 0.2) is 55.0 Å². The Morgan fingerprint density at radius 3 is 2.68 bits per heavy atom. The summed E-state index contributed by atoms with van der Waals surface area (Å²) >= 11 is 0. The average molecular weight is 289 g/mol. The molecule has 0 atom stereocenters. The highest BCUT2D eigenvalue weighted by Gasteiger charge is 2.19. The van der Waals surface area contributed by atoms with E-state index in [1.54, 1.807) is 0 Å². The number of pyridine rings is 1. The molecule has 4 aromatic rings. The van der Waals surface area contributed by atoms with E-state index >= 15 is 0 Å². The van der Waals surface area contributed by atoms with Crippen LogP contribution in [0.3, 0.4) is 0 Å². The number of nitrogens with zero attached hydrogens (tertiary/aromatic N) is 2. The number of benzene rings is 1. The van der Waals surface area contributed by atoms with Crippen LogP contribution < -0.4 is 0 Å². The number of imidazole rings is 1. The standard InChI is InChI=1S/C19H19N3/c1-19(2,3)15-8-6-10-22-12-17(21-18(15)22)14-11-20-16-9-5-4-7-13(14)16/h4-12,20H,1-3H3. The van der Waals surface area contributed by atoms with E-state index in [-0.39, 0.29) is 5.41 Å². The fraction of sp³-hybridized carbons (Fsp3) is 0.211. The molecule has 4 rings (SSSR count). The number of hydrogen-bond acceptors (Lipinski definition) is 1. The van der Waals surface area contributed by atoms with Crippen molar-refractivity contribution in [1.82, 2.24) is 14.4 Å². The van der Waals surface area contributed by atoms with Crippen LogP contribution in [0.1, 0.15) is 26.3 Å². The number of H-pyrrole nitrogens is 1. The van der Waals surface area contributed by atoms with Gasteiger partial charge < -0.3 is 9.38 Å². The molecule has 0 aliphatic heterocycles. The largest absolute Gasteiger partial charge is 0.360 e. The lowest BCUT2D eigenvalue weighted by molar-refractivity contribution is 0.592. The van der Waals surface area contributed by atoms with Gasteiger partial charge in [0.25, 0.3) is 0 Å². The summed E-state index contributed by atoms with van der Waals surface area (Å²) < 4.78 is 2.12. The summed E-state index contributed by atoms with van der Waals surface area (Å²) in [6.45, 7) is 6.67. The van der Waals surface area contributed by atoms with Crippen LogP contribution in [-0.4, -0.2) is 14.4 Å².